The smallest absolute Gasteiger partial charge is 0.490 e. The van der Waals surface area contributed by atoms with E-state index in [0.717, 1.165) is 24.5 Å². The molecule has 142 valence electrons. The number of thioether (sulfide) groups is 1. The summed E-state index contributed by atoms with van der Waals surface area (Å²) >= 11 is 2.05. The van der Waals surface area contributed by atoms with Gasteiger partial charge in [0.25, 0.3) is 0 Å². The van der Waals surface area contributed by atoms with Crippen LogP contribution >= 0.6 is 11.8 Å². The average molecular weight is 381 g/mol. The van der Waals surface area contributed by atoms with Crippen LogP contribution in [0.4, 0.5) is 13.2 Å². The standard InChI is InChI=1S/C14H21NO2S.C2HF3O2/c1-16-13-3-4-14(17-2)12(11-13)5-6-15-7-9-18-10-8-15;3-2(4,5)1(6)7/h3-4,11H,5-10H2,1-2H3;(H,6,7). The number of hydrogen-bond donors (Lipinski definition) is 1. The van der Waals surface area contributed by atoms with E-state index >= 15 is 0 Å². The largest absolute Gasteiger partial charge is 0.497 e. The molecule has 0 aliphatic carbocycles. The predicted octanol–water partition coefficient (Wildman–Crippen LogP) is 2.93. The van der Waals surface area contributed by atoms with Crippen molar-refractivity contribution in [3.63, 3.8) is 0 Å². The summed E-state index contributed by atoms with van der Waals surface area (Å²) in [7, 11) is 3.43. The molecule has 1 heterocycles. The molecule has 1 aliphatic heterocycles. The van der Waals surface area contributed by atoms with Gasteiger partial charge >= 0.3 is 12.1 Å². The van der Waals surface area contributed by atoms with Gasteiger partial charge in [0.1, 0.15) is 11.5 Å². The minimum absolute atomic E-state index is 0.903. The van der Waals surface area contributed by atoms with Crippen molar-refractivity contribution in [2.45, 2.75) is 12.6 Å². The van der Waals surface area contributed by atoms with Gasteiger partial charge in [0.2, 0.25) is 0 Å². The molecule has 25 heavy (non-hydrogen) atoms. The number of carbonyl (C=O) groups is 1. The van der Waals surface area contributed by atoms with Crippen LogP contribution in [0.1, 0.15) is 5.56 Å². The number of rotatable bonds is 5. The van der Waals surface area contributed by atoms with E-state index in [0.29, 0.717) is 0 Å². The maximum absolute atomic E-state index is 10.6. The Kier molecular flexibility index (Phi) is 8.91. The Morgan fingerprint density at radius 1 is 1.24 bits per heavy atom. The number of hydrogen-bond acceptors (Lipinski definition) is 5. The third-order valence-electron chi connectivity index (χ3n) is 3.53. The van der Waals surface area contributed by atoms with Crippen LogP contribution < -0.4 is 9.47 Å². The Morgan fingerprint density at radius 2 is 1.84 bits per heavy atom. The maximum atomic E-state index is 10.6. The zero-order valence-corrected chi connectivity index (χ0v) is 15.0. The van der Waals surface area contributed by atoms with Crippen molar-refractivity contribution in [3.8, 4) is 11.5 Å². The highest BCUT2D eigenvalue weighted by atomic mass is 32.2. The van der Waals surface area contributed by atoms with Gasteiger partial charge in [-0.25, -0.2) is 4.79 Å². The lowest BCUT2D eigenvalue weighted by Gasteiger charge is -2.26. The minimum atomic E-state index is -5.08. The van der Waals surface area contributed by atoms with Crippen molar-refractivity contribution in [1.29, 1.82) is 0 Å². The highest BCUT2D eigenvalue weighted by Gasteiger charge is 2.38. The normalized spacial score (nSPS) is 15.1. The molecule has 5 nitrogen and oxygen atoms in total. The van der Waals surface area contributed by atoms with E-state index in [1.807, 2.05) is 23.9 Å². The Hall–Kier alpha value is -1.61. The minimum Gasteiger partial charge on any atom is -0.497 e. The Balaban J connectivity index is 0.000000381. The zero-order valence-electron chi connectivity index (χ0n) is 14.1. The van der Waals surface area contributed by atoms with Gasteiger partial charge in [0.05, 0.1) is 14.2 Å². The summed E-state index contributed by atoms with van der Waals surface area (Å²) in [5.41, 5.74) is 1.23. The van der Waals surface area contributed by atoms with Crippen LogP contribution in [-0.4, -0.2) is 67.5 Å². The third kappa shape index (κ3) is 7.87. The lowest BCUT2D eigenvalue weighted by Crippen LogP contribution is -2.34. The first-order valence-corrected chi connectivity index (χ1v) is 8.74. The van der Waals surface area contributed by atoms with E-state index in [2.05, 4.69) is 11.0 Å². The van der Waals surface area contributed by atoms with E-state index in [4.69, 9.17) is 19.4 Å². The molecule has 0 saturated carbocycles. The van der Waals surface area contributed by atoms with Gasteiger partial charge in [-0.3, -0.25) is 0 Å². The number of carboxylic acids is 1. The molecule has 9 heteroatoms. The van der Waals surface area contributed by atoms with Gasteiger partial charge in [0, 0.05) is 31.1 Å². The molecule has 0 amide bonds. The molecule has 2 rings (SSSR count). The number of nitrogens with zero attached hydrogens (tertiary/aromatic N) is 1. The lowest BCUT2D eigenvalue weighted by atomic mass is 10.1. The van der Waals surface area contributed by atoms with Gasteiger partial charge in [-0.05, 0) is 30.2 Å². The van der Waals surface area contributed by atoms with Crippen LogP contribution in [0.2, 0.25) is 0 Å². The van der Waals surface area contributed by atoms with E-state index in [1.54, 1.807) is 14.2 Å². The second-order valence-corrected chi connectivity index (χ2v) is 6.41. The van der Waals surface area contributed by atoms with Gasteiger partial charge in [-0.2, -0.15) is 24.9 Å². The molecule has 1 aromatic carbocycles. The van der Waals surface area contributed by atoms with E-state index in [-0.39, 0.29) is 0 Å². The fraction of sp³-hybridized carbons (Fsp3) is 0.562. The summed E-state index contributed by atoms with van der Waals surface area (Å²) in [6.45, 7) is 3.51. The molecule has 0 bridgehead atoms. The average Bonchev–Trinajstić information content (AvgIpc) is 2.60. The zero-order chi connectivity index (χ0) is 18.9. The first kappa shape index (κ1) is 21.4. The maximum Gasteiger partial charge on any atom is 0.490 e. The highest BCUT2D eigenvalue weighted by Crippen LogP contribution is 2.24. The molecule has 0 unspecified atom stereocenters. The SMILES string of the molecule is COc1ccc(OC)c(CCN2CCSCC2)c1.O=C(O)C(F)(F)F. The fourth-order valence-corrected chi connectivity index (χ4v) is 3.16. The monoisotopic (exact) mass is 381 g/mol. The van der Waals surface area contributed by atoms with Gasteiger partial charge in [-0.15, -0.1) is 0 Å². The number of methoxy groups -OCH3 is 2. The Bertz CT molecular complexity index is 549. The molecular weight excluding hydrogens is 359 g/mol. The number of ether oxygens (including phenoxy) is 2. The number of benzene rings is 1. The third-order valence-corrected chi connectivity index (χ3v) is 4.47. The number of alkyl halides is 3. The Morgan fingerprint density at radius 3 is 2.32 bits per heavy atom. The van der Waals surface area contributed by atoms with Crippen LogP contribution in [0.15, 0.2) is 18.2 Å². The summed E-state index contributed by atoms with van der Waals surface area (Å²) in [5, 5.41) is 7.12. The van der Waals surface area contributed by atoms with Crippen molar-refractivity contribution in [2.75, 3.05) is 45.4 Å². The molecule has 1 aliphatic rings. The molecule has 0 radical (unpaired) electrons. The first-order valence-electron chi connectivity index (χ1n) is 7.59. The molecule has 1 N–H and O–H groups in total. The van der Waals surface area contributed by atoms with Crippen molar-refractivity contribution in [2.24, 2.45) is 0 Å². The second kappa shape index (κ2) is 10.4. The second-order valence-electron chi connectivity index (χ2n) is 5.18. The van der Waals surface area contributed by atoms with Crippen molar-refractivity contribution in [3.05, 3.63) is 23.8 Å². The topological polar surface area (TPSA) is 59.0 Å². The highest BCUT2D eigenvalue weighted by molar-refractivity contribution is 7.99. The number of halogens is 3. The van der Waals surface area contributed by atoms with Crippen LogP contribution in [0.25, 0.3) is 0 Å². The first-order chi connectivity index (χ1) is 11.8. The molecule has 1 aromatic rings. The quantitative estimate of drug-likeness (QED) is 0.846. The van der Waals surface area contributed by atoms with Crippen LogP contribution in [-0.2, 0) is 11.2 Å². The summed E-state index contributed by atoms with van der Waals surface area (Å²) < 4.78 is 42.4. The number of carboxylic acid groups (broad SMARTS) is 1. The Labute approximate surface area is 149 Å². The summed E-state index contributed by atoms with van der Waals surface area (Å²) in [5.74, 6) is 1.62. The fourth-order valence-electron chi connectivity index (χ4n) is 2.18. The lowest BCUT2D eigenvalue weighted by molar-refractivity contribution is -0.192. The molecule has 0 atom stereocenters. The van der Waals surface area contributed by atoms with E-state index in [9.17, 15) is 13.2 Å². The summed E-state index contributed by atoms with van der Waals surface area (Å²) in [4.78, 5) is 11.4. The molecule has 1 fully saturated rings. The molecular formula is C16H22F3NO4S. The molecule has 1 saturated heterocycles. The molecule has 0 spiro atoms. The van der Waals surface area contributed by atoms with Gasteiger partial charge in [-0.1, -0.05) is 0 Å². The van der Waals surface area contributed by atoms with Crippen molar-refractivity contribution in [1.82, 2.24) is 4.90 Å². The van der Waals surface area contributed by atoms with Gasteiger partial charge in [0.15, 0.2) is 0 Å². The van der Waals surface area contributed by atoms with Crippen LogP contribution in [0, 0.1) is 0 Å². The predicted molar refractivity (Wildman–Crippen MR) is 90.7 cm³/mol. The van der Waals surface area contributed by atoms with Crippen molar-refractivity contribution >= 4 is 17.7 Å². The summed E-state index contributed by atoms with van der Waals surface area (Å²) in [6.07, 6.45) is -4.06. The summed E-state index contributed by atoms with van der Waals surface area (Å²) in [6, 6.07) is 6.01. The van der Waals surface area contributed by atoms with E-state index < -0.39 is 12.1 Å². The van der Waals surface area contributed by atoms with Gasteiger partial charge < -0.3 is 19.5 Å². The van der Waals surface area contributed by atoms with Crippen LogP contribution in [0.3, 0.4) is 0 Å². The molecule has 0 aromatic heterocycles. The van der Waals surface area contributed by atoms with Crippen LogP contribution in [0.5, 0.6) is 11.5 Å². The van der Waals surface area contributed by atoms with Crippen molar-refractivity contribution < 1.29 is 32.5 Å². The number of aliphatic carboxylic acids is 1. The van der Waals surface area contributed by atoms with E-state index in [1.165, 1.54) is 30.2 Å².